The molecule has 15 nitrogen and oxygen atoms in total. The number of hydrogen-bond donors (Lipinski definition) is 9. The number of aliphatic hydroxyl groups excluding tert-OH is 3. The molecule has 0 fully saturated rings. The van der Waals surface area contributed by atoms with Crippen molar-refractivity contribution in [2.45, 2.75) is 29.4 Å². The number of phenols is 3. The molecule has 12 rings (SSSR count). The minimum atomic E-state index is -3.95. The van der Waals surface area contributed by atoms with Crippen LogP contribution in [0.1, 0.15) is 0 Å². The number of aliphatic hydroxyl groups is 3. The van der Waals surface area contributed by atoms with Crippen LogP contribution in [0.3, 0.4) is 0 Å². The summed E-state index contributed by atoms with van der Waals surface area (Å²) in [5.74, 6) is -0.380. The molecule has 12 aromatic carbocycles. The third-order valence-corrected chi connectivity index (χ3v) is 22.6. The highest BCUT2D eigenvalue weighted by molar-refractivity contribution is 8.00. The summed E-state index contributed by atoms with van der Waals surface area (Å²) in [6.45, 7) is 10.3. The lowest BCUT2D eigenvalue weighted by atomic mass is 10.1. The van der Waals surface area contributed by atoms with Gasteiger partial charge in [-0.3, -0.25) is 14.2 Å². The molecule has 0 aliphatic rings. The third kappa shape index (κ3) is 17.8. The van der Waals surface area contributed by atoms with Crippen LogP contribution in [0.25, 0.3) is 65.7 Å². The summed E-state index contributed by atoms with van der Waals surface area (Å²) in [6.07, 6.45) is 0. The summed E-state index contributed by atoms with van der Waals surface area (Å²) in [7, 11) is -11.8. The molecule has 0 spiro atoms. The SMILES string of the molecule is C=C(O)CSc1cc(NS(=O)(=O)c2ccc(-c3ccc(Cl)cc3)cc2)c2ccccc2c1O.C=C(O)CSc1cc(NS(=O)(=O)c2ccc(-c3ccc(F)cc3)cc2)c2ccccc2c1O.C=C(O)CSc1cc(NS(=O)(=O)c2ccc(-c3cccc(F)c3)cc2)c2ccccc2c1O. The minimum Gasteiger partial charge on any atom is -0.512 e. The van der Waals surface area contributed by atoms with Gasteiger partial charge < -0.3 is 30.6 Å². The van der Waals surface area contributed by atoms with Gasteiger partial charge in [-0.25, -0.2) is 34.0 Å². The van der Waals surface area contributed by atoms with E-state index in [9.17, 15) is 64.7 Å². The molecule has 0 amide bonds. The highest BCUT2D eigenvalue weighted by Gasteiger charge is 2.23. The van der Waals surface area contributed by atoms with Gasteiger partial charge in [0.1, 0.15) is 28.9 Å². The maximum absolute atomic E-state index is 13.5. The van der Waals surface area contributed by atoms with Crippen LogP contribution in [0.5, 0.6) is 17.2 Å². The van der Waals surface area contributed by atoms with Gasteiger partial charge in [-0.05, 0) is 124 Å². The number of aromatic hydroxyl groups is 3. The molecule has 9 N–H and O–H groups in total. The number of nitrogens with one attached hydrogen (secondary N) is 3. The molecule has 0 atom stereocenters. The van der Waals surface area contributed by atoms with Crippen molar-refractivity contribution in [3.8, 4) is 50.6 Å². The second-order valence-electron chi connectivity index (χ2n) is 21.9. The second-order valence-corrected chi connectivity index (χ2v) is 30.5. The number of benzene rings is 12. The van der Waals surface area contributed by atoms with E-state index in [0.29, 0.717) is 80.2 Å². The van der Waals surface area contributed by atoms with E-state index in [1.54, 1.807) is 164 Å². The van der Waals surface area contributed by atoms with Crippen molar-refractivity contribution in [3.63, 3.8) is 0 Å². The van der Waals surface area contributed by atoms with E-state index in [-0.39, 0.29) is 78.1 Å². The van der Waals surface area contributed by atoms with Crippen LogP contribution in [0.15, 0.2) is 303 Å². The number of halogens is 3. The first-order valence-electron chi connectivity index (χ1n) is 29.6. The topological polar surface area (TPSA) is 260 Å². The highest BCUT2D eigenvalue weighted by atomic mass is 35.5. The summed E-state index contributed by atoms with van der Waals surface area (Å²) in [4.78, 5) is 1.45. The fourth-order valence-corrected chi connectivity index (χ4v) is 15.8. The van der Waals surface area contributed by atoms with E-state index in [2.05, 4.69) is 33.9 Å². The number of rotatable bonds is 21. The number of thioether (sulfide) groups is 3. The predicted octanol–water partition coefficient (Wildman–Crippen LogP) is 19.5. The Bertz CT molecular complexity index is 5160. The van der Waals surface area contributed by atoms with E-state index >= 15 is 0 Å². The van der Waals surface area contributed by atoms with Crippen LogP contribution in [0.4, 0.5) is 25.8 Å². The average molecular weight is 1460 g/mol. The predicted molar refractivity (Wildman–Crippen MR) is 397 cm³/mol. The third-order valence-electron chi connectivity index (χ3n) is 14.9. The Morgan fingerprint density at radius 3 is 0.909 bits per heavy atom. The Hall–Kier alpha value is -10.1. The number of sulfonamides is 3. The first kappa shape index (κ1) is 71.7. The van der Waals surface area contributed by atoms with Crippen molar-refractivity contribution in [3.05, 3.63) is 290 Å². The summed E-state index contributed by atoms with van der Waals surface area (Å²) in [5, 5.41) is 63.9. The molecule has 12 aromatic rings. The molecular formula is C75H60ClF2N3O12S6. The van der Waals surface area contributed by atoms with E-state index in [1.165, 1.54) is 60.7 Å². The minimum absolute atomic E-state index is 0.000700. The van der Waals surface area contributed by atoms with Gasteiger partial charge in [-0.1, -0.05) is 177 Å². The summed E-state index contributed by atoms with van der Waals surface area (Å²) < 4.78 is 113. The number of phenolic OH excluding ortho intramolecular Hbond substituents is 3. The standard InChI is InChI=1S/C25H20ClNO4S2.2C25H20FNO4S2/c1-16(28)15-32-24-14-23(21-4-2-3-5-22(21)25(24)29)27-33(30,31)20-12-8-18(9-13-20)17-6-10-19(26)11-7-17;1-16(28)15-32-24-14-23(21-7-2-3-8-22(21)25(24)29)27-33(30,31)20-11-9-17(10-12-20)18-5-4-6-19(26)13-18;1-16(28)15-32-24-14-23(21-4-2-3-5-22(21)25(24)29)27-33(30,31)20-12-8-18(9-13-20)17-6-10-19(26)11-7-17/h3*2-14,27-29H,1,15H2. The van der Waals surface area contributed by atoms with Gasteiger partial charge in [-0.2, -0.15) is 0 Å². The molecule has 0 aliphatic heterocycles. The molecular weight excluding hydrogens is 1400 g/mol. The average Bonchev–Trinajstić information content (AvgIpc) is 0.806. The van der Waals surface area contributed by atoms with Crippen LogP contribution >= 0.6 is 46.9 Å². The van der Waals surface area contributed by atoms with Gasteiger partial charge >= 0.3 is 0 Å². The molecule has 0 bridgehead atoms. The zero-order valence-corrected chi connectivity index (χ0v) is 57.6. The first-order chi connectivity index (χ1) is 47.2. The summed E-state index contributed by atoms with van der Waals surface area (Å²) in [5.41, 5.74) is 5.57. The van der Waals surface area contributed by atoms with Crippen LogP contribution in [0, 0.1) is 11.6 Å². The molecule has 24 heteroatoms. The van der Waals surface area contributed by atoms with Gasteiger partial charge in [0.15, 0.2) is 0 Å². The lowest BCUT2D eigenvalue weighted by Crippen LogP contribution is -2.13. The highest BCUT2D eigenvalue weighted by Crippen LogP contribution is 2.44. The Kier molecular flexibility index (Phi) is 22.6. The van der Waals surface area contributed by atoms with E-state index in [0.717, 1.165) is 57.5 Å². The largest absolute Gasteiger partial charge is 0.512 e. The van der Waals surface area contributed by atoms with Gasteiger partial charge in [0.25, 0.3) is 30.1 Å². The van der Waals surface area contributed by atoms with E-state index in [1.807, 2.05) is 12.1 Å². The van der Waals surface area contributed by atoms with Crippen molar-refractivity contribution in [2.75, 3.05) is 31.4 Å². The Labute approximate surface area is 588 Å². The summed E-state index contributed by atoms with van der Waals surface area (Å²) >= 11 is 9.39. The molecule has 99 heavy (non-hydrogen) atoms. The van der Waals surface area contributed by atoms with Crippen molar-refractivity contribution in [1.82, 2.24) is 0 Å². The van der Waals surface area contributed by atoms with Gasteiger partial charge in [0.05, 0.1) is 81.0 Å². The van der Waals surface area contributed by atoms with Crippen molar-refractivity contribution in [2.24, 2.45) is 0 Å². The Morgan fingerprint density at radius 1 is 0.343 bits per heavy atom. The van der Waals surface area contributed by atoms with Crippen molar-refractivity contribution >= 4 is 126 Å². The number of hydrogen-bond acceptors (Lipinski definition) is 15. The maximum Gasteiger partial charge on any atom is 0.261 e. The molecule has 504 valence electrons. The van der Waals surface area contributed by atoms with E-state index < -0.39 is 30.1 Å². The quantitative estimate of drug-likeness (QED) is 0.0184. The lowest BCUT2D eigenvalue weighted by molar-refractivity contribution is 0.419. The fourth-order valence-electron chi connectivity index (χ4n) is 10.1. The van der Waals surface area contributed by atoms with Crippen LogP contribution in [0.2, 0.25) is 5.02 Å². The normalized spacial score (nSPS) is 11.4. The maximum atomic E-state index is 13.5. The second kappa shape index (κ2) is 31.2. The molecule has 0 radical (unpaired) electrons. The van der Waals surface area contributed by atoms with Crippen molar-refractivity contribution < 1.29 is 64.7 Å². The first-order valence-corrected chi connectivity index (χ1v) is 37.4. The molecule has 0 aromatic heterocycles. The monoisotopic (exact) mass is 1460 g/mol. The molecule has 0 saturated carbocycles. The summed E-state index contributed by atoms with van der Waals surface area (Å²) in [6, 6.07) is 63.7. The molecule has 0 aliphatic carbocycles. The smallest absolute Gasteiger partial charge is 0.261 e. The van der Waals surface area contributed by atoms with Gasteiger partial charge in [0.2, 0.25) is 0 Å². The van der Waals surface area contributed by atoms with Crippen LogP contribution < -0.4 is 14.2 Å². The van der Waals surface area contributed by atoms with E-state index in [4.69, 9.17) is 11.6 Å². The van der Waals surface area contributed by atoms with Gasteiger partial charge in [-0.15, -0.1) is 35.3 Å². The zero-order valence-electron chi connectivity index (χ0n) is 52.0. The number of fused-ring (bicyclic) bond motifs is 3. The molecule has 0 heterocycles. The fraction of sp³-hybridized carbons (Fsp3) is 0.0400. The van der Waals surface area contributed by atoms with Gasteiger partial charge in [0, 0.05) is 37.3 Å². The van der Waals surface area contributed by atoms with Crippen LogP contribution in [-0.4, -0.2) is 73.2 Å². The molecule has 0 saturated heterocycles. The Morgan fingerprint density at radius 2 is 0.616 bits per heavy atom. The zero-order chi connectivity index (χ0) is 70.8. The van der Waals surface area contributed by atoms with Crippen molar-refractivity contribution in [1.29, 1.82) is 0 Å². The number of anilines is 3. The van der Waals surface area contributed by atoms with Crippen LogP contribution in [-0.2, 0) is 30.1 Å². The Balaban J connectivity index is 0.000000161. The lowest BCUT2D eigenvalue weighted by Gasteiger charge is -2.15. The molecule has 0 unspecified atom stereocenters.